The normalized spacial score (nSPS) is 26.5. The number of Topliss-reactive ketones (excluding diaryl/α,β-unsaturated/α-hetero) is 1. The van der Waals surface area contributed by atoms with Gasteiger partial charge in [0.15, 0.2) is 11.6 Å². The molecular formula is C16H24N2O2. The summed E-state index contributed by atoms with van der Waals surface area (Å²) in [7, 11) is 0. The lowest BCUT2D eigenvalue weighted by Crippen LogP contribution is -2.36. The fraction of sp³-hybridized carbons (Fsp3) is 0.688. The van der Waals surface area contributed by atoms with E-state index in [1.165, 1.54) is 0 Å². The van der Waals surface area contributed by atoms with Crippen LogP contribution in [0.15, 0.2) is 6.20 Å². The second-order valence-corrected chi connectivity index (χ2v) is 5.86. The fourth-order valence-electron chi connectivity index (χ4n) is 2.97. The Labute approximate surface area is 121 Å². The van der Waals surface area contributed by atoms with Crippen molar-refractivity contribution in [3.05, 3.63) is 23.3 Å². The van der Waals surface area contributed by atoms with Gasteiger partial charge in [-0.25, -0.2) is 9.97 Å². The van der Waals surface area contributed by atoms with E-state index in [0.29, 0.717) is 12.2 Å². The van der Waals surface area contributed by atoms with Crippen LogP contribution in [0.2, 0.25) is 0 Å². The molecule has 110 valence electrons. The molecule has 1 aliphatic carbocycles. The first-order valence-corrected chi connectivity index (χ1v) is 7.47. The van der Waals surface area contributed by atoms with Crippen LogP contribution in [-0.4, -0.2) is 22.4 Å². The van der Waals surface area contributed by atoms with Crippen molar-refractivity contribution in [1.29, 1.82) is 0 Å². The molecule has 0 aromatic carbocycles. The molecule has 20 heavy (non-hydrogen) atoms. The third-order valence-electron chi connectivity index (χ3n) is 4.27. The van der Waals surface area contributed by atoms with Crippen molar-refractivity contribution in [3.63, 3.8) is 0 Å². The molecule has 4 nitrogen and oxygen atoms in total. The minimum Gasteiger partial charge on any atom is -0.367 e. The number of carbonyl (C=O) groups is 1. The highest BCUT2D eigenvalue weighted by Gasteiger charge is 2.39. The van der Waals surface area contributed by atoms with Gasteiger partial charge in [-0.3, -0.25) is 4.79 Å². The first-order valence-electron chi connectivity index (χ1n) is 7.47. The second kappa shape index (κ2) is 6.00. The molecule has 0 radical (unpaired) electrons. The lowest BCUT2D eigenvalue weighted by Gasteiger charge is -2.37. The Morgan fingerprint density at radius 3 is 2.60 bits per heavy atom. The molecular weight excluding hydrogens is 252 g/mol. The molecule has 1 aliphatic rings. The van der Waals surface area contributed by atoms with Gasteiger partial charge < -0.3 is 4.74 Å². The Bertz CT molecular complexity index is 491. The van der Waals surface area contributed by atoms with Gasteiger partial charge in [-0.05, 0) is 52.4 Å². The van der Waals surface area contributed by atoms with E-state index in [1.54, 1.807) is 13.1 Å². The van der Waals surface area contributed by atoms with Gasteiger partial charge in [0.2, 0.25) is 0 Å². The molecule has 0 spiro atoms. The van der Waals surface area contributed by atoms with E-state index >= 15 is 0 Å². The number of carbonyl (C=O) groups excluding carboxylic acids is 1. The summed E-state index contributed by atoms with van der Waals surface area (Å²) >= 11 is 0. The molecule has 0 N–H and O–H groups in total. The van der Waals surface area contributed by atoms with Crippen LogP contribution in [0.3, 0.4) is 0 Å². The van der Waals surface area contributed by atoms with E-state index in [1.807, 2.05) is 13.8 Å². The fourth-order valence-corrected chi connectivity index (χ4v) is 2.97. The zero-order valence-corrected chi connectivity index (χ0v) is 12.9. The molecule has 2 rings (SSSR count). The van der Waals surface area contributed by atoms with Gasteiger partial charge in [-0.2, -0.15) is 0 Å². The molecule has 1 aromatic rings. The van der Waals surface area contributed by atoms with Crippen LogP contribution in [0.4, 0.5) is 0 Å². The summed E-state index contributed by atoms with van der Waals surface area (Å²) in [5, 5.41) is 0. The monoisotopic (exact) mass is 276 g/mol. The highest BCUT2D eigenvalue weighted by molar-refractivity contribution is 5.94. The van der Waals surface area contributed by atoms with Crippen LogP contribution in [0.1, 0.15) is 68.3 Å². The van der Waals surface area contributed by atoms with Crippen LogP contribution >= 0.6 is 0 Å². The number of aryl methyl sites for hydroxylation is 1. The third kappa shape index (κ3) is 2.90. The van der Waals surface area contributed by atoms with Crippen molar-refractivity contribution in [3.8, 4) is 0 Å². The number of nitrogens with zero attached hydrogens (tertiary/aromatic N) is 2. The highest BCUT2D eigenvalue weighted by Crippen LogP contribution is 2.41. The molecule has 0 aliphatic heterocycles. The zero-order chi connectivity index (χ0) is 14.8. The summed E-state index contributed by atoms with van der Waals surface area (Å²) in [5.41, 5.74) is 0.992. The van der Waals surface area contributed by atoms with Crippen LogP contribution in [-0.2, 0) is 10.3 Å². The average Bonchev–Trinajstić information content (AvgIpc) is 2.41. The average molecular weight is 276 g/mol. The Morgan fingerprint density at radius 2 is 2.10 bits per heavy atom. The first kappa shape index (κ1) is 15.1. The van der Waals surface area contributed by atoms with Crippen molar-refractivity contribution in [1.82, 2.24) is 9.97 Å². The summed E-state index contributed by atoms with van der Waals surface area (Å²) in [4.78, 5) is 20.5. The van der Waals surface area contributed by atoms with Crippen molar-refractivity contribution >= 4 is 5.78 Å². The van der Waals surface area contributed by atoms with Gasteiger partial charge >= 0.3 is 0 Å². The smallest absolute Gasteiger partial charge is 0.163 e. The Hall–Kier alpha value is -1.29. The Balaban J connectivity index is 2.35. The molecule has 0 bridgehead atoms. The summed E-state index contributed by atoms with van der Waals surface area (Å²) in [6.45, 7) is 8.36. The van der Waals surface area contributed by atoms with E-state index < -0.39 is 0 Å². The van der Waals surface area contributed by atoms with Gasteiger partial charge in [0.05, 0.1) is 11.3 Å². The summed E-state index contributed by atoms with van der Waals surface area (Å²) in [6.07, 6.45) is 5.84. The number of ketones is 1. The molecule has 1 heterocycles. The molecule has 0 saturated heterocycles. The second-order valence-electron chi connectivity index (χ2n) is 5.86. The maximum Gasteiger partial charge on any atom is 0.163 e. The van der Waals surface area contributed by atoms with Crippen molar-refractivity contribution < 1.29 is 9.53 Å². The maximum absolute atomic E-state index is 11.5. The van der Waals surface area contributed by atoms with Crippen LogP contribution in [0.25, 0.3) is 0 Å². The predicted octanol–water partition coefficient (Wildman–Crippen LogP) is 3.43. The van der Waals surface area contributed by atoms with Gasteiger partial charge in [-0.1, -0.05) is 6.92 Å². The molecule has 4 heteroatoms. The maximum atomic E-state index is 11.5. The van der Waals surface area contributed by atoms with E-state index in [-0.39, 0.29) is 11.4 Å². The van der Waals surface area contributed by atoms with Crippen molar-refractivity contribution in [2.45, 2.75) is 59.0 Å². The van der Waals surface area contributed by atoms with Gasteiger partial charge in [0.1, 0.15) is 5.60 Å². The number of rotatable bonds is 4. The summed E-state index contributed by atoms with van der Waals surface area (Å²) < 4.78 is 6.05. The van der Waals surface area contributed by atoms with Crippen molar-refractivity contribution in [2.24, 2.45) is 5.92 Å². The Kier molecular flexibility index (Phi) is 4.53. The van der Waals surface area contributed by atoms with Gasteiger partial charge in [-0.15, -0.1) is 0 Å². The van der Waals surface area contributed by atoms with Gasteiger partial charge in [0.25, 0.3) is 0 Å². The largest absolute Gasteiger partial charge is 0.367 e. The minimum atomic E-state index is -0.360. The molecule has 1 saturated carbocycles. The number of hydrogen-bond acceptors (Lipinski definition) is 4. The third-order valence-corrected chi connectivity index (χ3v) is 4.27. The van der Waals surface area contributed by atoms with Crippen molar-refractivity contribution in [2.75, 3.05) is 6.61 Å². The van der Waals surface area contributed by atoms with E-state index in [0.717, 1.165) is 43.1 Å². The predicted molar refractivity (Wildman–Crippen MR) is 77.7 cm³/mol. The van der Waals surface area contributed by atoms with E-state index in [2.05, 4.69) is 16.9 Å². The minimum absolute atomic E-state index is 0.0109. The number of aromatic nitrogens is 2. The molecule has 0 amide bonds. The highest BCUT2D eigenvalue weighted by atomic mass is 16.5. The molecule has 1 aromatic heterocycles. The standard InChI is InChI=1S/C16H24N2O2/c1-5-20-16(8-6-11(2)7-9-16)15-17-10-14(13(4)19)12(3)18-15/h10-11H,5-9H2,1-4H3. The van der Waals surface area contributed by atoms with E-state index in [4.69, 9.17) is 4.74 Å². The number of ether oxygens (including phenoxy) is 1. The number of hydrogen-bond donors (Lipinski definition) is 0. The first-order chi connectivity index (χ1) is 9.48. The van der Waals surface area contributed by atoms with Crippen LogP contribution in [0.5, 0.6) is 0 Å². The molecule has 1 fully saturated rings. The van der Waals surface area contributed by atoms with E-state index in [9.17, 15) is 4.79 Å². The molecule has 0 atom stereocenters. The zero-order valence-electron chi connectivity index (χ0n) is 12.9. The summed E-state index contributed by atoms with van der Waals surface area (Å²) in [5.74, 6) is 1.49. The lowest BCUT2D eigenvalue weighted by molar-refractivity contribution is -0.0838. The van der Waals surface area contributed by atoms with Crippen LogP contribution < -0.4 is 0 Å². The Morgan fingerprint density at radius 1 is 1.45 bits per heavy atom. The quantitative estimate of drug-likeness (QED) is 0.791. The van der Waals surface area contributed by atoms with Gasteiger partial charge in [0, 0.05) is 12.8 Å². The lowest BCUT2D eigenvalue weighted by atomic mass is 9.78. The summed E-state index contributed by atoms with van der Waals surface area (Å²) in [6, 6.07) is 0. The SMILES string of the molecule is CCOC1(c2ncc(C(C)=O)c(C)n2)CCC(C)CC1. The van der Waals surface area contributed by atoms with Crippen LogP contribution in [0, 0.1) is 12.8 Å². The topological polar surface area (TPSA) is 52.1 Å². The molecule has 0 unspecified atom stereocenters.